The number of hydrogen-bond donors (Lipinski definition) is 1. The number of nitrogens with one attached hydrogen (secondary N) is 1. The molecule has 7 heteroatoms. The number of nitrogens with zero attached hydrogens (tertiary/aromatic N) is 5. The van der Waals surface area contributed by atoms with Crippen molar-refractivity contribution in [1.82, 2.24) is 24.8 Å². The molecule has 1 aliphatic heterocycles. The Bertz CT molecular complexity index is 1200. The third-order valence-electron chi connectivity index (χ3n) is 5.42. The molecule has 152 valence electrons. The van der Waals surface area contributed by atoms with Crippen LogP contribution in [0.3, 0.4) is 0 Å². The number of halogens is 1. The first-order valence-corrected chi connectivity index (χ1v) is 10.2. The molecule has 1 saturated heterocycles. The van der Waals surface area contributed by atoms with E-state index in [2.05, 4.69) is 22.1 Å². The minimum atomic E-state index is -0.269. The SMILES string of the molecule is Cc1cc(-n2c(-c3ccc(F)cc3)nc3ccc(N4CCNC(C)C4)nc32)ccn1. The molecule has 1 atom stereocenters. The molecule has 0 bridgehead atoms. The average Bonchev–Trinajstić information content (AvgIpc) is 3.13. The lowest BCUT2D eigenvalue weighted by molar-refractivity contribution is 0.482. The summed E-state index contributed by atoms with van der Waals surface area (Å²) in [7, 11) is 0. The van der Waals surface area contributed by atoms with Crippen LogP contribution in [0.4, 0.5) is 10.2 Å². The number of hydrogen-bond acceptors (Lipinski definition) is 5. The second-order valence-electron chi connectivity index (χ2n) is 7.75. The summed E-state index contributed by atoms with van der Waals surface area (Å²) in [6.07, 6.45) is 1.78. The number of piperazine rings is 1. The van der Waals surface area contributed by atoms with Gasteiger partial charge in [-0.2, -0.15) is 0 Å². The fraction of sp³-hybridized carbons (Fsp3) is 0.261. The van der Waals surface area contributed by atoms with Gasteiger partial charge >= 0.3 is 0 Å². The van der Waals surface area contributed by atoms with Crippen molar-refractivity contribution in [3.8, 4) is 17.1 Å². The monoisotopic (exact) mass is 402 g/mol. The van der Waals surface area contributed by atoms with Gasteiger partial charge in [0.25, 0.3) is 0 Å². The lowest BCUT2D eigenvalue weighted by Crippen LogP contribution is -2.49. The van der Waals surface area contributed by atoms with Crippen LogP contribution < -0.4 is 10.2 Å². The first kappa shape index (κ1) is 18.7. The van der Waals surface area contributed by atoms with E-state index in [1.165, 1.54) is 12.1 Å². The van der Waals surface area contributed by atoms with Crippen molar-refractivity contribution in [3.05, 3.63) is 66.2 Å². The van der Waals surface area contributed by atoms with Crippen LogP contribution in [0.1, 0.15) is 12.6 Å². The molecule has 1 fully saturated rings. The molecule has 1 N–H and O–H groups in total. The van der Waals surface area contributed by atoms with Crippen LogP contribution in [0.5, 0.6) is 0 Å². The van der Waals surface area contributed by atoms with Gasteiger partial charge in [-0.15, -0.1) is 0 Å². The highest BCUT2D eigenvalue weighted by atomic mass is 19.1. The summed E-state index contributed by atoms with van der Waals surface area (Å²) in [5, 5.41) is 3.47. The van der Waals surface area contributed by atoms with Crippen molar-refractivity contribution in [2.75, 3.05) is 24.5 Å². The summed E-state index contributed by atoms with van der Waals surface area (Å²) >= 11 is 0. The molecule has 30 heavy (non-hydrogen) atoms. The maximum atomic E-state index is 13.5. The van der Waals surface area contributed by atoms with E-state index in [1.54, 1.807) is 18.3 Å². The quantitative estimate of drug-likeness (QED) is 0.566. The number of imidazole rings is 1. The Balaban J connectivity index is 1.71. The van der Waals surface area contributed by atoms with Gasteiger partial charge in [-0.25, -0.2) is 14.4 Å². The Kier molecular flexibility index (Phi) is 4.67. The summed E-state index contributed by atoms with van der Waals surface area (Å²) in [6, 6.07) is 14.8. The Hall–Kier alpha value is -3.32. The van der Waals surface area contributed by atoms with Crippen LogP contribution in [0, 0.1) is 12.7 Å². The summed E-state index contributed by atoms with van der Waals surface area (Å²) in [5.41, 5.74) is 4.26. The van der Waals surface area contributed by atoms with Crippen molar-refractivity contribution >= 4 is 17.0 Å². The number of rotatable bonds is 3. The molecular formula is C23H23FN6. The topological polar surface area (TPSA) is 58.9 Å². The highest BCUT2D eigenvalue weighted by Gasteiger charge is 2.20. The summed E-state index contributed by atoms with van der Waals surface area (Å²) < 4.78 is 15.5. The van der Waals surface area contributed by atoms with E-state index in [9.17, 15) is 4.39 Å². The van der Waals surface area contributed by atoms with E-state index in [0.717, 1.165) is 59.4 Å². The maximum absolute atomic E-state index is 13.5. The van der Waals surface area contributed by atoms with Crippen LogP contribution in [-0.2, 0) is 0 Å². The number of pyridine rings is 2. The van der Waals surface area contributed by atoms with Crippen molar-refractivity contribution in [2.45, 2.75) is 19.9 Å². The molecule has 6 nitrogen and oxygen atoms in total. The van der Waals surface area contributed by atoms with Crippen molar-refractivity contribution in [3.63, 3.8) is 0 Å². The van der Waals surface area contributed by atoms with E-state index < -0.39 is 0 Å². The van der Waals surface area contributed by atoms with E-state index in [0.29, 0.717) is 6.04 Å². The predicted molar refractivity (Wildman–Crippen MR) is 116 cm³/mol. The zero-order chi connectivity index (χ0) is 20.7. The molecule has 0 spiro atoms. The highest BCUT2D eigenvalue weighted by molar-refractivity contribution is 5.81. The Morgan fingerprint density at radius 2 is 1.90 bits per heavy atom. The van der Waals surface area contributed by atoms with Crippen molar-refractivity contribution < 1.29 is 4.39 Å². The molecule has 4 aromatic rings. The number of anilines is 1. The lowest BCUT2D eigenvalue weighted by atomic mass is 10.2. The maximum Gasteiger partial charge on any atom is 0.167 e. The molecular weight excluding hydrogens is 379 g/mol. The van der Waals surface area contributed by atoms with Gasteiger partial charge in [0, 0.05) is 43.1 Å². The van der Waals surface area contributed by atoms with E-state index in [-0.39, 0.29) is 5.82 Å². The summed E-state index contributed by atoms with van der Waals surface area (Å²) in [6.45, 7) is 6.90. The van der Waals surface area contributed by atoms with Crippen molar-refractivity contribution in [2.24, 2.45) is 0 Å². The van der Waals surface area contributed by atoms with Gasteiger partial charge in [0.05, 0.1) is 5.69 Å². The summed E-state index contributed by atoms with van der Waals surface area (Å²) in [4.78, 5) is 16.5. The van der Waals surface area contributed by atoms with Crippen LogP contribution in [-0.4, -0.2) is 45.2 Å². The molecule has 3 aromatic heterocycles. The van der Waals surface area contributed by atoms with Gasteiger partial charge in [0.15, 0.2) is 5.65 Å². The van der Waals surface area contributed by atoms with Crippen LogP contribution in [0.25, 0.3) is 28.2 Å². The second-order valence-corrected chi connectivity index (χ2v) is 7.75. The number of benzene rings is 1. The fourth-order valence-corrected chi connectivity index (χ4v) is 3.97. The van der Waals surface area contributed by atoms with Gasteiger partial charge in [0.2, 0.25) is 0 Å². The Labute approximate surface area is 174 Å². The van der Waals surface area contributed by atoms with Crippen LogP contribution >= 0.6 is 0 Å². The smallest absolute Gasteiger partial charge is 0.167 e. The third-order valence-corrected chi connectivity index (χ3v) is 5.42. The highest BCUT2D eigenvalue weighted by Crippen LogP contribution is 2.29. The van der Waals surface area contributed by atoms with Crippen LogP contribution in [0.15, 0.2) is 54.7 Å². The minimum absolute atomic E-state index is 0.269. The third kappa shape index (κ3) is 3.41. The molecule has 1 unspecified atom stereocenters. The molecule has 4 heterocycles. The zero-order valence-electron chi connectivity index (χ0n) is 17.0. The molecule has 1 aliphatic rings. The molecule has 0 saturated carbocycles. The van der Waals surface area contributed by atoms with Gasteiger partial charge in [0.1, 0.15) is 23.0 Å². The second kappa shape index (κ2) is 7.50. The van der Waals surface area contributed by atoms with Crippen molar-refractivity contribution in [1.29, 1.82) is 0 Å². The standard InChI is InChI=1S/C23H23FN6/c1-15-13-19(9-10-25-15)30-22(17-3-5-18(24)6-4-17)27-20-7-8-21(28-23(20)30)29-12-11-26-16(2)14-29/h3-10,13,16,26H,11-12,14H2,1-2H3. The number of fused-ring (bicyclic) bond motifs is 1. The van der Waals surface area contributed by atoms with Gasteiger partial charge in [-0.3, -0.25) is 9.55 Å². The molecule has 1 aromatic carbocycles. The molecule has 0 aliphatic carbocycles. The minimum Gasteiger partial charge on any atom is -0.354 e. The van der Waals surface area contributed by atoms with Gasteiger partial charge in [-0.05, 0) is 62.4 Å². The Morgan fingerprint density at radius 1 is 1.07 bits per heavy atom. The fourth-order valence-electron chi connectivity index (χ4n) is 3.97. The van der Waals surface area contributed by atoms with Gasteiger partial charge in [-0.1, -0.05) is 0 Å². The Morgan fingerprint density at radius 3 is 2.67 bits per heavy atom. The van der Waals surface area contributed by atoms with Gasteiger partial charge < -0.3 is 10.2 Å². The van der Waals surface area contributed by atoms with Crippen LogP contribution in [0.2, 0.25) is 0 Å². The molecule has 5 rings (SSSR count). The number of aromatic nitrogens is 4. The predicted octanol–water partition coefficient (Wildman–Crippen LogP) is 3.73. The van der Waals surface area contributed by atoms with E-state index in [4.69, 9.17) is 9.97 Å². The molecule has 0 radical (unpaired) electrons. The lowest BCUT2D eigenvalue weighted by Gasteiger charge is -2.32. The average molecular weight is 402 g/mol. The number of aryl methyl sites for hydroxylation is 1. The molecule has 0 amide bonds. The summed E-state index contributed by atoms with van der Waals surface area (Å²) in [5.74, 6) is 1.40. The largest absolute Gasteiger partial charge is 0.354 e. The first-order valence-electron chi connectivity index (χ1n) is 10.2. The van der Waals surface area contributed by atoms with E-state index in [1.807, 2.05) is 35.8 Å². The normalized spacial score (nSPS) is 16.9. The zero-order valence-corrected chi connectivity index (χ0v) is 17.0. The van der Waals surface area contributed by atoms with E-state index >= 15 is 0 Å². The first-order chi connectivity index (χ1) is 14.6.